The number of ether oxygens (including phenoxy) is 3. The van der Waals surface area contributed by atoms with E-state index in [4.69, 9.17) is 14.2 Å². The first-order valence-corrected chi connectivity index (χ1v) is 10.2. The van der Waals surface area contributed by atoms with Gasteiger partial charge in [0, 0.05) is 13.1 Å². The summed E-state index contributed by atoms with van der Waals surface area (Å²) in [5.74, 6) is 1.47. The molecule has 6 nitrogen and oxygen atoms in total. The Morgan fingerprint density at radius 3 is 2.55 bits per heavy atom. The molecule has 0 aromatic heterocycles. The Hall–Kier alpha value is -2.73. The molecule has 1 N–H and O–H groups in total. The third-order valence-electron chi connectivity index (χ3n) is 4.78. The maximum absolute atomic E-state index is 12.7. The molecule has 0 fully saturated rings. The van der Waals surface area contributed by atoms with Gasteiger partial charge in [0.2, 0.25) is 0 Å². The SMILES string of the molecule is CCN(CC1COc2ccccc2O1)C(=O)NCc1ccccc1COC(C)C. The van der Waals surface area contributed by atoms with Crippen molar-refractivity contribution in [2.75, 3.05) is 19.7 Å². The van der Waals surface area contributed by atoms with Gasteiger partial charge in [0.25, 0.3) is 0 Å². The van der Waals surface area contributed by atoms with E-state index in [1.165, 1.54) is 0 Å². The number of carbonyl (C=O) groups is 1. The van der Waals surface area contributed by atoms with Gasteiger partial charge in [-0.25, -0.2) is 4.79 Å². The number of hydrogen-bond donors (Lipinski definition) is 1. The second-order valence-electron chi connectivity index (χ2n) is 7.32. The van der Waals surface area contributed by atoms with Crippen LogP contribution in [0.2, 0.25) is 0 Å². The van der Waals surface area contributed by atoms with Gasteiger partial charge in [-0.05, 0) is 44.0 Å². The lowest BCUT2D eigenvalue weighted by molar-refractivity contribution is 0.0649. The van der Waals surface area contributed by atoms with Crippen LogP contribution < -0.4 is 14.8 Å². The van der Waals surface area contributed by atoms with Crippen molar-refractivity contribution in [2.45, 2.75) is 46.1 Å². The number of para-hydroxylation sites is 2. The van der Waals surface area contributed by atoms with E-state index in [1.54, 1.807) is 4.90 Å². The lowest BCUT2D eigenvalue weighted by Gasteiger charge is -2.31. The van der Waals surface area contributed by atoms with Crippen molar-refractivity contribution in [3.63, 3.8) is 0 Å². The Labute approximate surface area is 172 Å². The van der Waals surface area contributed by atoms with E-state index in [9.17, 15) is 4.79 Å². The Balaban J connectivity index is 1.54. The molecule has 1 aliphatic rings. The second kappa shape index (κ2) is 10.2. The molecule has 1 aliphatic heterocycles. The van der Waals surface area contributed by atoms with Gasteiger partial charge in [0.05, 0.1) is 19.3 Å². The number of hydrogen-bond acceptors (Lipinski definition) is 4. The number of carbonyl (C=O) groups excluding carboxylic acids is 1. The average Bonchev–Trinajstić information content (AvgIpc) is 2.74. The first-order valence-electron chi connectivity index (χ1n) is 10.2. The summed E-state index contributed by atoms with van der Waals surface area (Å²) < 4.78 is 17.5. The lowest BCUT2D eigenvalue weighted by Crippen LogP contribution is -2.47. The number of benzene rings is 2. The van der Waals surface area contributed by atoms with Crippen LogP contribution in [0, 0.1) is 0 Å². The first-order chi connectivity index (χ1) is 14.1. The Bertz CT molecular complexity index is 809. The molecule has 0 bridgehead atoms. The van der Waals surface area contributed by atoms with E-state index >= 15 is 0 Å². The van der Waals surface area contributed by atoms with E-state index in [0.29, 0.717) is 32.8 Å². The molecule has 0 radical (unpaired) electrons. The highest BCUT2D eigenvalue weighted by Crippen LogP contribution is 2.31. The molecule has 6 heteroatoms. The second-order valence-corrected chi connectivity index (χ2v) is 7.32. The van der Waals surface area contributed by atoms with Crippen LogP contribution in [0.25, 0.3) is 0 Å². The van der Waals surface area contributed by atoms with Crippen LogP contribution in [0.15, 0.2) is 48.5 Å². The molecule has 0 saturated heterocycles. The van der Waals surface area contributed by atoms with Gasteiger partial charge in [-0.15, -0.1) is 0 Å². The fourth-order valence-corrected chi connectivity index (χ4v) is 3.16. The maximum atomic E-state index is 12.7. The van der Waals surface area contributed by atoms with Gasteiger partial charge >= 0.3 is 6.03 Å². The molecule has 1 unspecified atom stereocenters. The van der Waals surface area contributed by atoms with Crippen LogP contribution in [0.1, 0.15) is 31.9 Å². The minimum Gasteiger partial charge on any atom is -0.486 e. The van der Waals surface area contributed by atoms with E-state index in [1.807, 2.05) is 69.3 Å². The van der Waals surface area contributed by atoms with E-state index in [-0.39, 0.29) is 18.2 Å². The molecule has 29 heavy (non-hydrogen) atoms. The molecule has 0 aliphatic carbocycles. The van der Waals surface area contributed by atoms with Gasteiger partial charge in [-0.1, -0.05) is 36.4 Å². The minimum atomic E-state index is -0.192. The molecule has 0 spiro atoms. The topological polar surface area (TPSA) is 60.0 Å². The highest BCUT2D eigenvalue weighted by atomic mass is 16.6. The number of nitrogens with zero attached hydrogens (tertiary/aromatic N) is 1. The van der Waals surface area contributed by atoms with Crippen LogP contribution in [-0.2, 0) is 17.9 Å². The monoisotopic (exact) mass is 398 g/mol. The van der Waals surface area contributed by atoms with Gasteiger partial charge in [0.15, 0.2) is 17.6 Å². The van der Waals surface area contributed by atoms with Gasteiger partial charge in [0.1, 0.15) is 6.61 Å². The summed E-state index contributed by atoms with van der Waals surface area (Å²) in [7, 11) is 0. The number of urea groups is 1. The van der Waals surface area contributed by atoms with E-state index in [0.717, 1.165) is 22.6 Å². The molecule has 2 aromatic rings. The Kier molecular flexibility index (Phi) is 7.36. The zero-order valence-corrected chi connectivity index (χ0v) is 17.4. The predicted octanol–water partition coefficient (Wildman–Crippen LogP) is 3.98. The van der Waals surface area contributed by atoms with Crippen molar-refractivity contribution in [1.82, 2.24) is 10.2 Å². The van der Waals surface area contributed by atoms with Crippen LogP contribution in [0.5, 0.6) is 11.5 Å². The molecule has 0 saturated carbocycles. The summed E-state index contributed by atoms with van der Waals surface area (Å²) in [6, 6.07) is 15.5. The van der Waals surface area contributed by atoms with Gasteiger partial charge in [-0.2, -0.15) is 0 Å². The molecule has 1 heterocycles. The smallest absolute Gasteiger partial charge is 0.317 e. The van der Waals surface area contributed by atoms with Crippen molar-refractivity contribution in [3.8, 4) is 11.5 Å². The molecule has 1 atom stereocenters. The van der Waals surface area contributed by atoms with Crippen LogP contribution in [0.3, 0.4) is 0 Å². The normalized spacial score (nSPS) is 15.2. The van der Waals surface area contributed by atoms with Crippen molar-refractivity contribution >= 4 is 6.03 Å². The fraction of sp³-hybridized carbons (Fsp3) is 0.435. The van der Waals surface area contributed by atoms with Gasteiger partial charge < -0.3 is 24.4 Å². The fourth-order valence-electron chi connectivity index (χ4n) is 3.16. The van der Waals surface area contributed by atoms with Crippen molar-refractivity contribution in [3.05, 3.63) is 59.7 Å². The summed E-state index contributed by atoms with van der Waals surface area (Å²) in [6.45, 7) is 8.46. The number of amides is 2. The molecular formula is C23H30N2O4. The van der Waals surface area contributed by atoms with E-state index in [2.05, 4.69) is 5.32 Å². The zero-order valence-electron chi connectivity index (χ0n) is 17.4. The quantitative estimate of drug-likeness (QED) is 0.731. The summed E-state index contributed by atoms with van der Waals surface area (Å²) in [4.78, 5) is 14.5. The Morgan fingerprint density at radius 1 is 1.14 bits per heavy atom. The van der Waals surface area contributed by atoms with Gasteiger partial charge in [-0.3, -0.25) is 0 Å². The Morgan fingerprint density at radius 2 is 1.83 bits per heavy atom. The first kappa shape index (κ1) is 21.0. The highest BCUT2D eigenvalue weighted by molar-refractivity contribution is 5.74. The van der Waals surface area contributed by atoms with Crippen molar-refractivity contribution in [1.29, 1.82) is 0 Å². The zero-order chi connectivity index (χ0) is 20.6. The number of rotatable bonds is 8. The summed E-state index contributed by atoms with van der Waals surface area (Å²) in [5.41, 5.74) is 2.15. The molecule has 156 valence electrons. The standard InChI is InChI=1S/C23H30N2O4/c1-4-25(14-20-16-28-21-11-7-8-12-22(21)29-20)23(26)24-13-18-9-5-6-10-19(18)15-27-17(2)3/h5-12,17,20H,4,13-16H2,1-3H3,(H,24,26). The minimum absolute atomic E-state index is 0.116. The highest BCUT2D eigenvalue weighted by Gasteiger charge is 2.24. The third-order valence-corrected chi connectivity index (χ3v) is 4.78. The van der Waals surface area contributed by atoms with Crippen LogP contribution in [-0.4, -0.2) is 42.8 Å². The molecule has 3 rings (SSSR count). The summed E-state index contributed by atoms with van der Waals surface area (Å²) in [6.07, 6.45) is -0.0293. The summed E-state index contributed by atoms with van der Waals surface area (Å²) >= 11 is 0. The largest absolute Gasteiger partial charge is 0.486 e. The molecular weight excluding hydrogens is 368 g/mol. The van der Waals surface area contributed by atoms with Crippen molar-refractivity contribution in [2.24, 2.45) is 0 Å². The average molecular weight is 399 g/mol. The van der Waals surface area contributed by atoms with E-state index < -0.39 is 0 Å². The molecule has 2 aromatic carbocycles. The molecule has 2 amide bonds. The number of likely N-dealkylation sites (N-methyl/N-ethyl adjacent to an activating group) is 1. The predicted molar refractivity (Wildman–Crippen MR) is 112 cm³/mol. The number of nitrogens with one attached hydrogen (secondary N) is 1. The van der Waals surface area contributed by atoms with Crippen molar-refractivity contribution < 1.29 is 19.0 Å². The maximum Gasteiger partial charge on any atom is 0.317 e. The third kappa shape index (κ3) is 5.87. The van der Waals surface area contributed by atoms with Crippen LogP contribution in [0.4, 0.5) is 4.79 Å². The summed E-state index contributed by atoms with van der Waals surface area (Å²) in [5, 5.41) is 3.02. The number of fused-ring (bicyclic) bond motifs is 1. The lowest BCUT2D eigenvalue weighted by atomic mass is 10.1. The van der Waals surface area contributed by atoms with Crippen LogP contribution >= 0.6 is 0 Å².